The maximum atomic E-state index is 14.0. The lowest BCUT2D eigenvalue weighted by molar-refractivity contribution is -0.140. The summed E-state index contributed by atoms with van der Waals surface area (Å²) in [5.74, 6) is -1.78. The van der Waals surface area contributed by atoms with E-state index in [1.54, 1.807) is 60.7 Å². The van der Waals surface area contributed by atoms with Gasteiger partial charge in [0.2, 0.25) is 11.8 Å². The molecule has 1 fully saturated rings. The summed E-state index contributed by atoms with van der Waals surface area (Å²) in [7, 11) is -4.77. The van der Waals surface area contributed by atoms with Crippen molar-refractivity contribution in [1.29, 1.82) is 5.41 Å². The summed E-state index contributed by atoms with van der Waals surface area (Å²) in [6.45, 7) is 0.475. The molecule has 0 bridgehead atoms. The van der Waals surface area contributed by atoms with E-state index in [0.29, 0.717) is 28.8 Å². The van der Waals surface area contributed by atoms with Crippen molar-refractivity contribution in [3.05, 3.63) is 93.7 Å². The van der Waals surface area contributed by atoms with Crippen LogP contribution in [0.2, 0.25) is 0 Å². The Balaban J connectivity index is 1.61. The first-order valence-electron chi connectivity index (χ1n) is 12.0. The van der Waals surface area contributed by atoms with Gasteiger partial charge in [-0.15, -0.1) is 11.3 Å². The van der Waals surface area contributed by atoms with Gasteiger partial charge in [0.1, 0.15) is 17.9 Å². The highest BCUT2D eigenvalue weighted by molar-refractivity contribution is 7.83. The lowest BCUT2D eigenvalue weighted by atomic mass is 9.84. The van der Waals surface area contributed by atoms with Crippen molar-refractivity contribution in [2.45, 2.75) is 37.4 Å². The zero-order valence-electron chi connectivity index (χ0n) is 20.4. The fourth-order valence-electron chi connectivity index (χ4n) is 4.71. The van der Waals surface area contributed by atoms with E-state index in [1.165, 1.54) is 16.2 Å². The molecule has 2 amide bonds. The molecule has 1 unspecified atom stereocenters. The molecule has 1 saturated heterocycles. The van der Waals surface area contributed by atoms with Crippen molar-refractivity contribution in [2.75, 3.05) is 6.54 Å². The van der Waals surface area contributed by atoms with Crippen molar-refractivity contribution < 1.29 is 22.6 Å². The minimum atomic E-state index is -4.77. The van der Waals surface area contributed by atoms with Gasteiger partial charge in [0, 0.05) is 17.3 Å². The number of thiophene rings is 1. The highest BCUT2D eigenvalue weighted by Crippen LogP contribution is 2.31. The number of nitrogen functional groups attached to an aromatic ring is 1. The van der Waals surface area contributed by atoms with Crippen LogP contribution in [0.15, 0.2) is 72.8 Å². The Morgan fingerprint density at radius 2 is 1.66 bits per heavy atom. The smallest absolute Gasteiger partial charge is 0.334 e. The molecule has 1 aromatic heterocycles. The van der Waals surface area contributed by atoms with Crippen LogP contribution in [-0.4, -0.2) is 54.1 Å². The zero-order valence-corrected chi connectivity index (χ0v) is 22.0. The number of carbonyl (C=O) groups excluding carboxylic acids is 2. The Kier molecular flexibility index (Phi) is 8.57. The predicted octanol–water partition coefficient (Wildman–Crippen LogP) is 2.23. The van der Waals surface area contributed by atoms with E-state index in [4.69, 9.17) is 11.1 Å². The van der Waals surface area contributed by atoms with Gasteiger partial charge in [-0.3, -0.25) is 19.6 Å². The zero-order chi connectivity index (χ0) is 27.3. The van der Waals surface area contributed by atoms with Crippen molar-refractivity contribution in [3.63, 3.8) is 0 Å². The number of nitrogens with two attached hydrogens (primary N) is 1. The molecule has 0 aliphatic carbocycles. The van der Waals surface area contributed by atoms with Crippen molar-refractivity contribution >= 4 is 39.3 Å². The molecule has 1 aliphatic heterocycles. The number of rotatable bonds is 10. The van der Waals surface area contributed by atoms with Gasteiger partial charge >= 0.3 is 10.3 Å². The van der Waals surface area contributed by atoms with E-state index in [1.807, 2.05) is 12.1 Å². The second kappa shape index (κ2) is 11.9. The van der Waals surface area contributed by atoms with E-state index in [-0.39, 0.29) is 24.8 Å². The van der Waals surface area contributed by atoms with Gasteiger partial charge in [-0.05, 0) is 36.1 Å². The second-order valence-electron chi connectivity index (χ2n) is 8.96. The minimum Gasteiger partial charge on any atom is -0.383 e. The summed E-state index contributed by atoms with van der Waals surface area (Å²) in [5.41, 5.74) is 6.86. The summed E-state index contributed by atoms with van der Waals surface area (Å²) in [6.07, 6.45) is 0.984. The average molecular weight is 556 g/mol. The summed E-state index contributed by atoms with van der Waals surface area (Å²) < 4.78 is 35.9. The second-order valence-corrected chi connectivity index (χ2v) is 11.3. The van der Waals surface area contributed by atoms with Gasteiger partial charge in [-0.2, -0.15) is 13.1 Å². The predicted molar refractivity (Wildman–Crippen MR) is 145 cm³/mol. The molecule has 0 spiro atoms. The number of nitrogens with one attached hydrogen (secondary N) is 3. The highest BCUT2D eigenvalue weighted by Gasteiger charge is 2.42. The first kappa shape index (κ1) is 27.5. The molecule has 200 valence electrons. The molecular weight excluding hydrogens is 526 g/mol. The Bertz CT molecular complexity index is 1360. The molecule has 3 aromatic rings. The Hall–Kier alpha value is -3.58. The Labute approximate surface area is 225 Å². The van der Waals surface area contributed by atoms with Gasteiger partial charge in [0.05, 0.1) is 11.4 Å². The summed E-state index contributed by atoms with van der Waals surface area (Å²) >= 11 is 1.29. The molecule has 1 aliphatic rings. The van der Waals surface area contributed by atoms with Crippen LogP contribution in [0.1, 0.15) is 39.6 Å². The molecule has 0 saturated carbocycles. The monoisotopic (exact) mass is 555 g/mol. The van der Waals surface area contributed by atoms with Gasteiger partial charge in [0.25, 0.3) is 0 Å². The lowest BCUT2D eigenvalue weighted by Gasteiger charge is -2.32. The topological polar surface area (TPSA) is 166 Å². The summed E-state index contributed by atoms with van der Waals surface area (Å²) in [6, 6.07) is 19.2. The van der Waals surface area contributed by atoms with E-state index in [2.05, 4.69) is 10.0 Å². The van der Waals surface area contributed by atoms with Crippen LogP contribution >= 0.6 is 11.3 Å². The average Bonchev–Trinajstić information content (AvgIpc) is 3.57. The van der Waals surface area contributed by atoms with Crippen molar-refractivity contribution in [1.82, 2.24) is 14.9 Å². The SMILES string of the molecule is N=C(N)c1ccc(CNC(=O)C2CCCN2C(=O)[C@H](NS(=O)(=O)O)C(c2ccccc2)c2ccccc2)s1. The van der Waals surface area contributed by atoms with E-state index in [9.17, 15) is 22.6 Å². The first-order valence-corrected chi connectivity index (χ1v) is 14.3. The number of amidine groups is 1. The maximum absolute atomic E-state index is 14.0. The minimum absolute atomic E-state index is 0.0519. The third-order valence-corrected chi connectivity index (χ3v) is 8.07. The molecular formula is C26H29N5O5S2. The van der Waals surface area contributed by atoms with Crippen LogP contribution in [0.25, 0.3) is 0 Å². The Morgan fingerprint density at radius 1 is 1.05 bits per heavy atom. The normalized spacial score (nSPS) is 16.4. The molecule has 0 radical (unpaired) electrons. The van der Waals surface area contributed by atoms with Gasteiger partial charge < -0.3 is 16.0 Å². The van der Waals surface area contributed by atoms with Crippen LogP contribution in [-0.2, 0) is 26.4 Å². The molecule has 2 aromatic carbocycles. The van der Waals surface area contributed by atoms with Crippen molar-refractivity contribution in [2.24, 2.45) is 5.73 Å². The number of likely N-dealkylation sites (tertiary alicyclic amines) is 1. The van der Waals surface area contributed by atoms with Gasteiger partial charge in [0.15, 0.2) is 0 Å². The van der Waals surface area contributed by atoms with Gasteiger partial charge in [-0.25, -0.2) is 0 Å². The van der Waals surface area contributed by atoms with E-state index >= 15 is 0 Å². The van der Waals surface area contributed by atoms with Crippen molar-refractivity contribution in [3.8, 4) is 0 Å². The van der Waals surface area contributed by atoms with Crippen LogP contribution in [0.4, 0.5) is 0 Å². The molecule has 4 rings (SSSR count). The third kappa shape index (κ3) is 6.64. The lowest BCUT2D eigenvalue weighted by Crippen LogP contribution is -2.55. The number of benzene rings is 2. The maximum Gasteiger partial charge on any atom is 0.334 e. The number of carbonyl (C=O) groups is 2. The molecule has 6 N–H and O–H groups in total. The highest BCUT2D eigenvalue weighted by atomic mass is 32.2. The Morgan fingerprint density at radius 3 is 2.18 bits per heavy atom. The summed E-state index contributed by atoms with van der Waals surface area (Å²) in [5, 5.41) is 10.4. The fourth-order valence-corrected chi connectivity index (χ4v) is 6.08. The standard InChI is InChI=1S/C26H29N5O5S2/c27-24(28)21-14-13-19(37-21)16-29-25(32)20-12-7-15-31(20)26(33)23(30-38(34,35)36)22(17-8-3-1-4-9-17)18-10-5-2-6-11-18/h1-6,8-11,13-14,20,22-23,30H,7,12,15-16H2,(H3,27,28)(H,29,32)(H,34,35,36)/t20?,23-/m1/s1. The third-order valence-electron chi connectivity index (χ3n) is 6.40. The van der Waals surface area contributed by atoms with E-state index < -0.39 is 34.2 Å². The van der Waals surface area contributed by atoms with Crippen LogP contribution in [0.5, 0.6) is 0 Å². The molecule has 2 heterocycles. The van der Waals surface area contributed by atoms with Gasteiger partial charge in [-0.1, -0.05) is 60.7 Å². The molecule has 12 heteroatoms. The van der Waals surface area contributed by atoms with Crippen LogP contribution in [0, 0.1) is 5.41 Å². The number of hydrogen-bond acceptors (Lipinski definition) is 6. The molecule has 38 heavy (non-hydrogen) atoms. The fraction of sp³-hybridized carbons (Fsp3) is 0.269. The number of amides is 2. The molecule has 10 nitrogen and oxygen atoms in total. The van der Waals surface area contributed by atoms with Crippen LogP contribution < -0.4 is 15.8 Å². The molecule has 2 atom stereocenters. The first-order chi connectivity index (χ1) is 18.1. The quantitative estimate of drug-likeness (QED) is 0.146. The number of hydrogen-bond donors (Lipinski definition) is 5. The van der Waals surface area contributed by atoms with Crippen LogP contribution in [0.3, 0.4) is 0 Å². The largest absolute Gasteiger partial charge is 0.383 e. The van der Waals surface area contributed by atoms with E-state index in [0.717, 1.165) is 4.88 Å². The number of nitrogens with zero attached hydrogens (tertiary/aromatic N) is 1. The summed E-state index contributed by atoms with van der Waals surface area (Å²) in [4.78, 5) is 29.9.